The molecule has 4 nitrogen and oxygen atoms in total. The first-order valence-electron chi connectivity index (χ1n) is 5.87. The third-order valence-electron chi connectivity index (χ3n) is 2.61. The molecule has 3 aromatic rings. The van der Waals surface area contributed by atoms with E-state index in [0.717, 1.165) is 27.8 Å². The van der Waals surface area contributed by atoms with Gasteiger partial charge >= 0.3 is 0 Å². The molecule has 0 aliphatic heterocycles. The van der Waals surface area contributed by atoms with Crippen LogP contribution >= 0.6 is 11.3 Å². The maximum absolute atomic E-state index is 4.56. The minimum absolute atomic E-state index is 0.781. The molecule has 5 heteroatoms. The van der Waals surface area contributed by atoms with Gasteiger partial charge in [0, 0.05) is 12.4 Å². The quantitative estimate of drug-likeness (QED) is 0.787. The zero-order valence-corrected chi connectivity index (χ0v) is 11.2. The molecule has 3 rings (SSSR count). The standard InChI is InChI=1S/C14H12N4S/c1-10-5-6-16-14(7-10)18-13-4-2-3-11(17-13)12-8-15-9-19-12/h2-9H,1H3,(H,16,17,18). The van der Waals surface area contributed by atoms with E-state index in [1.807, 2.05) is 43.5 Å². The fraction of sp³-hybridized carbons (Fsp3) is 0.0714. The summed E-state index contributed by atoms with van der Waals surface area (Å²) in [4.78, 5) is 14.0. The zero-order valence-electron chi connectivity index (χ0n) is 10.4. The average molecular weight is 268 g/mol. The van der Waals surface area contributed by atoms with Crippen molar-refractivity contribution in [1.29, 1.82) is 0 Å². The summed E-state index contributed by atoms with van der Waals surface area (Å²) < 4.78 is 0. The van der Waals surface area contributed by atoms with Gasteiger partial charge in [0.25, 0.3) is 0 Å². The van der Waals surface area contributed by atoms with E-state index in [2.05, 4.69) is 20.3 Å². The van der Waals surface area contributed by atoms with E-state index in [-0.39, 0.29) is 0 Å². The molecular weight excluding hydrogens is 256 g/mol. The molecule has 0 amide bonds. The number of pyridine rings is 2. The van der Waals surface area contributed by atoms with Crippen LogP contribution in [-0.4, -0.2) is 15.0 Å². The Hall–Kier alpha value is -2.27. The second-order valence-electron chi connectivity index (χ2n) is 4.12. The molecule has 19 heavy (non-hydrogen) atoms. The van der Waals surface area contributed by atoms with Gasteiger partial charge in [-0.3, -0.25) is 4.98 Å². The van der Waals surface area contributed by atoms with Crippen LogP contribution in [0.3, 0.4) is 0 Å². The predicted octanol–water partition coefficient (Wildman–Crippen LogP) is 3.65. The number of thiazole rings is 1. The number of rotatable bonds is 3. The van der Waals surface area contributed by atoms with Crippen molar-refractivity contribution < 1.29 is 0 Å². The maximum Gasteiger partial charge on any atom is 0.132 e. The summed E-state index contributed by atoms with van der Waals surface area (Å²) in [6, 6.07) is 9.82. The number of aromatic nitrogens is 3. The molecule has 0 fully saturated rings. The van der Waals surface area contributed by atoms with E-state index in [1.54, 1.807) is 23.0 Å². The Kier molecular flexibility index (Phi) is 3.20. The van der Waals surface area contributed by atoms with Crippen LogP contribution in [0.1, 0.15) is 5.56 Å². The second-order valence-corrected chi connectivity index (χ2v) is 5.00. The van der Waals surface area contributed by atoms with Crippen LogP contribution in [-0.2, 0) is 0 Å². The van der Waals surface area contributed by atoms with Crippen molar-refractivity contribution in [1.82, 2.24) is 15.0 Å². The number of hydrogen-bond donors (Lipinski definition) is 1. The lowest BCUT2D eigenvalue weighted by molar-refractivity contribution is 1.24. The Bertz CT molecular complexity index is 679. The number of anilines is 2. The van der Waals surface area contributed by atoms with Crippen molar-refractivity contribution in [3.63, 3.8) is 0 Å². The predicted molar refractivity (Wildman–Crippen MR) is 77.6 cm³/mol. The first kappa shape index (κ1) is 11.8. The lowest BCUT2D eigenvalue weighted by Gasteiger charge is -2.06. The molecule has 0 unspecified atom stereocenters. The summed E-state index contributed by atoms with van der Waals surface area (Å²) in [6.07, 6.45) is 3.60. The SMILES string of the molecule is Cc1ccnc(Nc2cccc(-c3cncs3)n2)c1. The number of nitrogens with zero attached hydrogens (tertiary/aromatic N) is 3. The van der Waals surface area contributed by atoms with Gasteiger partial charge in [0.2, 0.25) is 0 Å². The van der Waals surface area contributed by atoms with Gasteiger partial charge in [0.05, 0.1) is 16.1 Å². The molecule has 0 saturated heterocycles. The van der Waals surface area contributed by atoms with Gasteiger partial charge < -0.3 is 5.32 Å². The maximum atomic E-state index is 4.56. The Labute approximate surface area is 115 Å². The van der Waals surface area contributed by atoms with E-state index in [4.69, 9.17) is 0 Å². The van der Waals surface area contributed by atoms with Gasteiger partial charge in [-0.05, 0) is 36.8 Å². The highest BCUT2D eigenvalue weighted by Gasteiger charge is 2.03. The molecule has 0 aromatic carbocycles. The van der Waals surface area contributed by atoms with Gasteiger partial charge in [-0.15, -0.1) is 11.3 Å². The molecule has 0 atom stereocenters. The molecule has 3 heterocycles. The first-order valence-corrected chi connectivity index (χ1v) is 6.75. The Morgan fingerprint density at radius 3 is 2.89 bits per heavy atom. The van der Waals surface area contributed by atoms with Gasteiger partial charge in [0.1, 0.15) is 11.6 Å². The summed E-state index contributed by atoms with van der Waals surface area (Å²) in [6.45, 7) is 2.04. The first-order chi connectivity index (χ1) is 9.31. The highest BCUT2D eigenvalue weighted by molar-refractivity contribution is 7.13. The second kappa shape index (κ2) is 5.16. The largest absolute Gasteiger partial charge is 0.325 e. The highest BCUT2D eigenvalue weighted by atomic mass is 32.1. The van der Waals surface area contributed by atoms with E-state index in [0.29, 0.717) is 0 Å². The van der Waals surface area contributed by atoms with Crippen LogP contribution in [0.4, 0.5) is 11.6 Å². The minimum Gasteiger partial charge on any atom is -0.325 e. The molecule has 0 bridgehead atoms. The lowest BCUT2D eigenvalue weighted by Crippen LogP contribution is -1.96. The van der Waals surface area contributed by atoms with Gasteiger partial charge in [-0.1, -0.05) is 6.07 Å². The van der Waals surface area contributed by atoms with Crippen molar-refractivity contribution >= 4 is 23.0 Å². The van der Waals surface area contributed by atoms with Crippen molar-refractivity contribution in [3.8, 4) is 10.6 Å². The summed E-state index contributed by atoms with van der Waals surface area (Å²) in [5, 5.41) is 3.21. The van der Waals surface area contributed by atoms with Gasteiger partial charge in [-0.25, -0.2) is 9.97 Å². The van der Waals surface area contributed by atoms with Gasteiger partial charge in [0.15, 0.2) is 0 Å². The third kappa shape index (κ3) is 2.77. The van der Waals surface area contributed by atoms with Crippen LogP contribution in [0.5, 0.6) is 0 Å². The average Bonchev–Trinajstić information content (AvgIpc) is 2.93. The van der Waals surface area contributed by atoms with Crippen molar-refractivity contribution in [2.24, 2.45) is 0 Å². The normalized spacial score (nSPS) is 10.4. The molecule has 0 aliphatic carbocycles. The number of aryl methyl sites for hydroxylation is 1. The fourth-order valence-corrected chi connectivity index (χ4v) is 2.31. The molecular formula is C14H12N4S. The monoisotopic (exact) mass is 268 g/mol. The van der Waals surface area contributed by atoms with Crippen molar-refractivity contribution in [3.05, 3.63) is 53.8 Å². The Balaban J connectivity index is 1.88. The summed E-state index contributed by atoms with van der Waals surface area (Å²) in [5.41, 5.74) is 3.88. The van der Waals surface area contributed by atoms with E-state index in [1.165, 1.54) is 0 Å². The molecule has 0 spiro atoms. The van der Waals surface area contributed by atoms with Crippen LogP contribution in [0, 0.1) is 6.92 Å². The Morgan fingerprint density at radius 2 is 2.11 bits per heavy atom. The van der Waals surface area contributed by atoms with Crippen LogP contribution < -0.4 is 5.32 Å². The highest BCUT2D eigenvalue weighted by Crippen LogP contribution is 2.23. The molecule has 0 radical (unpaired) electrons. The summed E-state index contributed by atoms with van der Waals surface area (Å²) >= 11 is 1.58. The number of nitrogens with one attached hydrogen (secondary N) is 1. The molecule has 0 aliphatic rings. The van der Waals surface area contributed by atoms with E-state index >= 15 is 0 Å². The molecule has 3 aromatic heterocycles. The lowest BCUT2D eigenvalue weighted by atomic mass is 10.3. The van der Waals surface area contributed by atoms with E-state index < -0.39 is 0 Å². The van der Waals surface area contributed by atoms with Crippen LogP contribution in [0.2, 0.25) is 0 Å². The fourth-order valence-electron chi connectivity index (χ4n) is 1.72. The molecule has 94 valence electrons. The van der Waals surface area contributed by atoms with Crippen molar-refractivity contribution in [2.45, 2.75) is 6.92 Å². The van der Waals surface area contributed by atoms with Crippen molar-refractivity contribution in [2.75, 3.05) is 5.32 Å². The number of hydrogen-bond acceptors (Lipinski definition) is 5. The van der Waals surface area contributed by atoms with Gasteiger partial charge in [-0.2, -0.15) is 0 Å². The van der Waals surface area contributed by atoms with Crippen LogP contribution in [0.15, 0.2) is 48.2 Å². The topological polar surface area (TPSA) is 50.7 Å². The van der Waals surface area contributed by atoms with E-state index in [9.17, 15) is 0 Å². The molecule has 0 saturated carbocycles. The zero-order chi connectivity index (χ0) is 13.1. The summed E-state index contributed by atoms with van der Waals surface area (Å²) in [5.74, 6) is 1.58. The molecule has 1 N–H and O–H groups in total. The van der Waals surface area contributed by atoms with Crippen LogP contribution in [0.25, 0.3) is 10.6 Å². The summed E-state index contributed by atoms with van der Waals surface area (Å²) in [7, 11) is 0. The smallest absolute Gasteiger partial charge is 0.132 e. The third-order valence-corrected chi connectivity index (χ3v) is 3.40. The minimum atomic E-state index is 0.781. The Morgan fingerprint density at radius 1 is 1.16 bits per heavy atom.